The zero-order valence-corrected chi connectivity index (χ0v) is 12.7. The molecule has 6 heteroatoms. The van der Waals surface area contributed by atoms with Gasteiger partial charge in [-0.3, -0.25) is 14.8 Å². The molecule has 0 radical (unpaired) electrons. The minimum atomic E-state index is -0.657. The van der Waals surface area contributed by atoms with Crippen LogP contribution in [0.3, 0.4) is 0 Å². The minimum absolute atomic E-state index is 0.0251. The number of nitrogens with zero attached hydrogens (tertiary/aromatic N) is 3. The molecule has 0 saturated carbocycles. The van der Waals surface area contributed by atoms with Gasteiger partial charge in [0.15, 0.2) is 0 Å². The maximum absolute atomic E-state index is 10.8. The van der Waals surface area contributed by atoms with E-state index in [2.05, 4.69) is 11.2 Å². The average Bonchev–Trinajstić information content (AvgIpc) is 2.87. The Kier molecular flexibility index (Phi) is 4.08. The maximum Gasteiger partial charge on any atom is 0.309 e. The van der Waals surface area contributed by atoms with Crippen LogP contribution in [-0.4, -0.2) is 25.9 Å². The molecule has 0 spiro atoms. The quantitative estimate of drug-likeness (QED) is 0.580. The Morgan fingerprint density at radius 1 is 1.26 bits per heavy atom. The van der Waals surface area contributed by atoms with Gasteiger partial charge in [0.05, 0.1) is 17.6 Å². The Bertz CT molecular complexity index is 857. The smallest absolute Gasteiger partial charge is 0.309 e. The standard InChI is InChI=1S/C17H17N3O3/c1-12-17(20(22)23)11-19(18-12)10-16(21)9-13-6-7-14-4-2-3-5-15(14)8-13/h2-8,11,16,21H,9-10H2,1H3/t16-/m1/s1. The summed E-state index contributed by atoms with van der Waals surface area (Å²) in [5.41, 5.74) is 1.35. The third-order valence-electron chi connectivity index (χ3n) is 3.80. The van der Waals surface area contributed by atoms with Crippen LogP contribution in [0.2, 0.25) is 0 Å². The molecule has 0 aliphatic rings. The second-order valence-corrected chi connectivity index (χ2v) is 5.62. The number of hydrogen-bond donors (Lipinski definition) is 1. The molecule has 0 bridgehead atoms. The fraction of sp³-hybridized carbons (Fsp3) is 0.235. The summed E-state index contributed by atoms with van der Waals surface area (Å²) in [7, 11) is 0. The first-order valence-corrected chi connectivity index (χ1v) is 7.37. The number of aryl methyl sites for hydroxylation is 1. The van der Waals surface area contributed by atoms with E-state index in [0.717, 1.165) is 16.3 Å². The summed E-state index contributed by atoms with van der Waals surface area (Å²) in [6, 6.07) is 14.1. The topological polar surface area (TPSA) is 81.2 Å². The van der Waals surface area contributed by atoms with E-state index in [1.807, 2.05) is 36.4 Å². The highest BCUT2D eigenvalue weighted by molar-refractivity contribution is 5.82. The fourth-order valence-electron chi connectivity index (χ4n) is 2.70. The normalized spacial score (nSPS) is 12.4. The van der Waals surface area contributed by atoms with Gasteiger partial charge in [0.25, 0.3) is 0 Å². The number of hydrogen-bond acceptors (Lipinski definition) is 4. The molecule has 0 aliphatic heterocycles. The zero-order chi connectivity index (χ0) is 16.4. The van der Waals surface area contributed by atoms with Crippen LogP contribution >= 0.6 is 0 Å². The number of nitro groups is 1. The van der Waals surface area contributed by atoms with Crippen LogP contribution in [0.25, 0.3) is 10.8 Å². The highest BCUT2D eigenvalue weighted by Crippen LogP contribution is 2.18. The molecule has 118 valence electrons. The molecule has 1 N–H and O–H groups in total. The third-order valence-corrected chi connectivity index (χ3v) is 3.80. The van der Waals surface area contributed by atoms with Crippen molar-refractivity contribution in [1.82, 2.24) is 9.78 Å². The van der Waals surface area contributed by atoms with Crippen molar-refractivity contribution in [3.8, 4) is 0 Å². The van der Waals surface area contributed by atoms with Crippen LogP contribution < -0.4 is 0 Å². The summed E-state index contributed by atoms with van der Waals surface area (Å²) in [6.07, 6.45) is 1.17. The Labute approximate surface area is 133 Å². The molecule has 23 heavy (non-hydrogen) atoms. The molecular formula is C17H17N3O3. The Balaban J connectivity index is 1.71. The van der Waals surface area contributed by atoms with Gasteiger partial charge < -0.3 is 5.11 Å². The maximum atomic E-state index is 10.8. The molecule has 2 aromatic carbocycles. The predicted molar refractivity (Wildman–Crippen MR) is 87.3 cm³/mol. The summed E-state index contributed by atoms with van der Waals surface area (Å²) in [5.74, 6) is 0. The minimum Gasteiger partial charge on any atom is -0.391 e. The highest BCUT2D eigenvalue weighted by atomic mass is 16.6. The molecule has 0 fully saturated rings. The van der Waals surface area contributed by atoms with E-state index in [0.29, 0.717) is 12.1 Å². The van der Waals surface area contributed by atoms with E-state index in [-0.39, 0.29) is 12.2 Å². The van der Waals surface area contributed by atoms with E-state index in [1.165, 1.54) is 10.9 Å². The Hall–Kier alpha value is -2.73. The number of aromatic nitrogens is 2. The van der Waals surface area contributed by atoms with Crippen molar-refractivity contribution in [2.45, 2.75) is 26.0 Å². The molecule has 0 aliphatic carbocycles. The van der Waals surface area contributed by atoms with Gasteiger partial charge in [0.1, 0.15) is 11.9 Å². The summed E-state index contributed by atoms with van der Waals surface area (Å²) in [5, 5.41) is 27.4. The van der Waals surface area contributed by atoms with Gasteiger partial charge in [-0.15, -0.1) is 0 Å². The van der Waals surface area contributed by atoms with Crippen LogP contribution in [0.15, 0.2) is 48.7 Å². The Morgan fingerprint density at radius 2 is 2.00 bits per heavy atom. The van der Waals surface area contributed by atoms with Crippen LogP contribution in [-0.2, 0) is 13.0 Å². The van der Waals surface area contributed by atoms with Crippen LogP contribution in [0.4, 0.5) is 5.69 Å². The largest absolute Gasteiger partial charge is 0.391 e. The van der Waals surface area contributed by atoms with Gasteiger partial charge in [0.2, 0.25) is 0 Å². The van der Waals surface area contributed by atoms with E-state index in [4.69, 9.17) is 0 Å². The molecule has 6 nitrogen and oxygen atoms in total. The van der Waals surface area contributed by atoms with Crippen LogP contribution in [0, 0.1) is 17.0 Å². The van der Waals surface area contributed by atoms with Crippen molar-refractivity contribution in [1.29, 1.82) is 0 Å². The van der Waals surface area contributed by atoms with Crippen LogP contribution in [0.1, 0.15) is 11.3 Å². The fourth-order valence-corrected chi connectivity index (χ4v) is 2.70. The molecule has 1 heterocycles. The Morgan fingerprint density at radius 3 is 2.70 bits per heavy atom. The van der Waals surface area contributed by atoms with Crippen molar-refractivity contribution in [2.24, 2.45) is 0 Å². The highest BCUT2D eigenvalue weighted by Gasteiger charge is 2.17. The molecular weight excluding hydrogens is 294 g/mol. The second kappa shape index (κ2) is 6.18. The van der Waals surface area contributed by atoms with E-state index in [1.54, 1.807) is 6.92 Å². The first-order valence-electron chi connectivity index (χ1n) is 7.37. The molecule has 1 atom stereocenters. The van der Waals surface area contributed by atoms with E-state index >= 15 is 0 Å². The number of aliphatic hydroxyl groups excluding tert-OH is 1. The summed E-state index contributed by atoms with van der Waals surface area (Å²) >= 11 is 0. The van der Waals surface area contributed by atoms with E-state index < -0.39 is 11.0 Å². The van der Waals surface area contributed by atoms with Crippen molar-refractivity contribution in [3.63, 3.8) is 0 Å². The predicted octanol–water partition coefficient (Wildman–Crippen LogP) is 2.86. The van der Waals surface area contributed by atoms with Crippen molar-refractivity contribution in [3.05, 3.63) is 70.0 Å². The lowest BCUT2D eigenvalue weighted by molar-refractivity contribution is -0.385. The average molecular weight is 311 g/mol. The molecule has 0 unspecified atom stereocenters. The lowest BCUT2D eigenvalue weighted by Crippen LogP contribution is -2.19. The second-order valence-electron chi connectivity index (χ2n) is 5.62. The SMILES string of the molecule is Cc1nn(C[C@H](O)Cc2ccc3ccccc3c2)cc1[N+](=O)[O-]. The van der Waals surface area contributed by atoms with E-state index in [9.17, 15) is 15.2 Å². The molecule has 3 rings (SSSR count). The van der Waals surface area contributed by atoms with Crippen LogP contribution in [0.5, 0.6) is 0 Å². The number of aliphatic hydroxyl groups is 1. The number of rotatable bonds is 5. The van der Waals surface area contributed by atoms with Crippen molar-refractivity contribution in [2.75, 3.05) is 0 Å². The first-order chi connectivity index (χ1) is 11.0. The van der Waals surface area contributed by atoms with Gasteiger partial charge in [-0.2, -0.15) is 5.10 Å². The van der Waals surface area contributed by atoms with Gasteiger partial charge in [-0.1, -0.05) is 42.5 Å². The van der Waals surface area contributed by atoms with Gasteiger partial charge >= 0.3 is 5.69 Å². The lowest BCUT2D eigenvalue weighted by atomic mass is 10.0. The monoisotopic (exact) mass is 311 g/mol. The lowest BCUT2D eigenvalue weighted by Gasteiger charge is -2.11. The number of benzene rings is 2. The van der Waals surface area contributed by atoms with Crippen molar-refractivity contribution < 1.29 is 10.0 Å². The van der Waals surface area contributed by atoms with Gasteiger partial charge in [0, 0.05) is 6.42 Å². The number of fused-ring (bicyclic) bond motifs is 1. The summed E-state index contributed by atoms with van der Waals surface area (Å²) < 4.78 is 1.43. The summed E-state index contributed by atoms with van der Waals surface area (Å²) in [6.45, 7) is 1.81. The van der Waals surface area contributed by atoms with Crippen molar-refractivity contribution >= 4 is 16.5 Å². The zero-order valence-electron chi connectivity index (χ0n) is 12.7. The molecule has 1 aromatic heterocycles. The molecule has 0 saturated heterocycles. The third kappa shape index (κ3) is 3.37. The molecule has 3 aromatic rings. The van der Waals surface area contributed by atoms with Gasteiger partial charge in [-0.25, -0.2) is 0 Å². The molecule has 0 amide bonds. The summed E-state index contributed by atoms with van der Waals surface area (Å²) in [4.78, 5) is 10.4. The first kappa shape index (κ1) is 15.2. The van der Waals surface area contributed by atoms with Gasteiger partial charge in [-0.05, 0) is 23.3 Å².